The van der Waals surface area contributed by atoms with Crippen LogP contribution in [0, 0.1) is 0 Å². The number of methoxy groups -OCH3 is 1. The van der Waals surface area contributed by atoms with E-state index in [1.807, 2.05) is 18.2 Å². The zero-order chi connectivity index (χ0) is 13.1. The number of rotatable bonds is 3. The van der Waals surface area contributed by atoms with Crippen molar-refractivity contribution in [3.05, 3.63) is 53.1 Å². The third-order valence-electron chi connectivity index (χ3n) is 2.57. The molecule has 92 valence electrons. The van der Waals surface area contributed by atoms with Gasteiger partial charge in [0.05, 0.1) is 12.7 Å². The highest BCUT2D eigenvalue weighted by Crippen LogP contribution is 2.31. The van der Waals surface area contributed by atoms with Crippen LogP contribution < -0.4 is 4.74 Å². The molecule has 0 bridgehead atoms. The normalized spacial score (nSPS) is 10.1. The van der Waals surface area contributed by atoms with Crippen LogP contribution in [0.2, 0.25) is 5.02 Å². The first kappa shape index (κ1) is 12.5. The Kier molecular flexibility index (Phi) is 3.53. The lowest BCUT2D eigenvalue weighted by Crippen LogP contribution is -1.98. The summed E-state index contributed by atoms with van der Waals surface area (Å²) in [5.74, 6) is -0.507. The number of hydrogen-bond donors (Lipinski definition) is 1. The fourth-order valence-electron chi connectivity index (χ4n) is 1.69. The predicted octanol–water partition coefficient (Wildman–Crippen LogP) is 3.71. The Balaban J connectivity index is 2.60. The molecular weight excluding hydrogens is 252 g/mol. The molecule has 1 N–H and O–H groups in total. The lowest BCUT2D eigenvalue weighted by atomic mass is 10.0. The minimum absolute atomic E-state index is 0.171. The van der Waals surface area contributed by atoms with Crippen LogP contribution in [0.5, 0.6) is 5.75 Å². The zero-order valence-electron chi connectivity index (χ0n) is 9.68. The summed E-state index contributed by atoms with van der Waals surface area (Å²) in [4.78, 5) is 11.0. The van der Waals surface area contributed by atoms with Gasteiger partial charge in [0, 0.05) is 10.6 Å². The first-order valence-electron chi connectivity index (χ1n) is 5.29. The van der Waals surface area contributed by atoms with Crippen LogP contribution in [0.1, 0.15) is 10.4 Å². The Morgan fingerprint density at radius 2 is 1.94 bits per heavy atom. The maximum atomic E-state index is 11.0. The van der Waals surface area contributed by atoms with E-state index in [1.54, 1.807) is 18.2 Å². The van der Waals surface area contributed by atoms with E-state index < -0.39 is 5.97 Å². The van der Waals surface area contributed by atoms with Crippen molar-refractivity contribution in [3.63, 3.8) is 0 Å². The lowest BCUT2D eigenvalue weighted by Gasteiger charge is -2.08. The van der Waals surface area contributed by atoms with Crippen LogP contribution in [0.25, 0.3) is 11.1 Å². The molecule has 0 saturated heterocycles. The van der Waals surface area contributed by atoms with Gasteiger partial charge >= 0.3 is 5.97 Å². The van der Waals surface area contributed by atoms with E-state index in [1.165, 1.54) is 13.2 Å². The van der Waals surface area contributed by atoms with Crippen molar-refractivity contribution >= 4 is 17.6 Å². The molecule has 2 rings (SSSR count). The molecule has 0 unspecified atom stereocenters. The number of ether oxygens (including phenoxy) is 1. The smallest absolute Gasteiger partial charge is 0.335 e. The average molecular weight is 263 g/mol. The third-order valence-corrected chi connectivity index (χ3v) is 2.90. The maximum Gasteiger partial charge on any atom is 0.335 e. The van der Waals surface area contributed by atoms with E-state index >= 15 is 0 Å². The molecule has 2 aromatic rings. The van der Waals surface area contributed by atoms with Crippen molar-refractivity contribution in [1.29, 1.82) is 0 Å². The fourth-order valence-corrected chi connectivity index (χ4v) is 1.94. The van der Waals surface area contributed by atoms with Crippen LogP contribution >= 0.6 is 11.6 Å². The minimum atomic E-state index is -0.998. The van der Waals surface area contributed by atoms with Gasteiger partial charge in [0.2, 0.25) is 0 Å². The van der Waals surface area contributed by atoms with Gasteiger partial charge in [0.1, 0.15) is 5.75 Å². The van der Waals surface area contributed by atoms with Crippen molar-refractivity contribution in [1.82, 2.24) is 0 Å². The molecule has 0 fully saturated rings. The zero-order valence-corrected chi connectivity index (χ0v) is 10.4. The van der Waals surface area contributed by atoms with E-state index in [2.05, 4.69) is 0 Å². The summed E-state index contributed by atoms with van der Waals surface area (Å²) in [6.45, 7) is 0. The molecule has 0 aliphatic carbocycles. The average Bonchev–Trinajstić information content (AvgIpc) is 2.38. The molecule has 0 aliphatic rings. The molecule has 0 saturated carbocycles. The second-order valence-electron chi connectivity index (χ2n) is 3.74. The summed E-state index contributed by atoms with van der Waals surface area (Å²) in [5.41, 5.74) is 1.67. The van der Waals surface area contributed by atoms with Crippen molar-refractivity contribution in [2.24, 2.45) is 0 Å². The highest BCUT2D eigenvalue weighted by Gasteiger charge is 2.10. The fraction of sp³-hybridized carbons (Fsp3) is 0.0714. The number of aromatic carboxylic acids is 1. The maximum absolute atomic E-state index is 11.0. The van der Waals surface area contributed by atoms with E-state index in [-0.39, 0.29) is 5.56 Å². The number of carbonyl (C=O) groups is 1. The van der Waals surface area contributed by atoms with Gasteiger partial charge in [-0.3, -0.25) is 0 Å². The molecule has 2 aromatic carbocycles. The van der Waals surface area contributed by atoms with Gasteiger partial charge in [-0.15, -0.1) is 0 Å². The van der Waals surface area contributed by atoms with Crippen LogP contribution in [-0.2, 0) is 0 Å². The molecule has 0 aromatic heterocycles. The Bertz CT molecular complexity index is 593. The van der Waals surface area contributed by atoms with E-state index in [4.69, 9.17) is 21.4 Å². The summed E-state index contributed by atoms with van der Waals surface area (Å²) in [5, 5.41) is 9.63. The van der Waals surface area contributed by atoms with E-state index in [0.29, 0.717) is 10.8 Å². The Hall–Kier alpha value is -2.00. The molecule has 0 atom stereocenters. The van der Waals surface area contributed by atoms with Crippen LogP contribution in [0.15, 0.2) is 42.5 Å². The molecule has 0 spiro atoms. The van der Waals surface area contributed by atoms with Crippen LogP contribution in [0.3, 0.4) is 0 Å². The van der Waals surface area contributed by atoms with Gasteiger partial charge in [0.15, 0.2) is 0 Å². The van der Waals surface area contributed by atoms with Gasteiger partial charge in [0.25, 0.3) is 0 Å². The SMILES string of the molecule is COc1cc(C(=O)O)cc(-c2ccccc2Cl)c1. The Labute approximate surface area is 110 Å². The summed E-state index contributed by atoms with van der Waals surface area (Å²) in [6.07, 6.45) is 0. The van der Waals surface area contributed by atoms with Crippen molar-refractivity contribution in [2.45, 2.75) is 0 Å². The summed E-state index contributed by atoms with van der Waals surface area (Å²) < 4.78 is 5.10. The van der Waals surface area contributed by atoms with Gasteiger partial charge < -0.3 is 9.84 Å². The highest BCUT2D eigenvalue weighted by molar-refractivity contribution is 6.33. The van der Waals surface area contributed by atoms with Gasteiger partial charge in [-0.2, -0.15) is 0 Å². The first-order chi connectivity index (χ1) is 8.61. The molecule has 3 nitrogen and oxygen atoms in total. The number of carboxylic acids is 1. The Morgan fingerprint density at radius 1 is 1.22 bits per heavy atom. The predicted molar refractivity (Wildman–Crippen MR) is 70.4 cm³/mol. The Morgan fingerprint density at radius 3 is 2.56 bits per heavy atom. The van der Waals surface area contributed by atoms with Gasteiger partial charge in [-0.05, 0) is 29.8 Å². The van der Waals surface area contributed by atoms with E-state index in [0.717, 1.165) is 11.1 Å². The van der Waals surface area contributed by atoms with Crippen LogP contribution in [-0.4, -0.2) is 18.2 Å². The summed E-state index contributed by atoms with van der Waals surface area (Å²) in [6, 6.07) is 12.1. The van der Waals surface area contributed by atoms with Crippen LogP contribution in [0.4, 0.5) is 0 Å². The van der Waals surface area contributed by atoms with Crippen molar-refractivity contribution in [2.75, 3.05) is 7.11 Å². The van der Waals surface area contributed by atoms with Crippen molar-refractivity contribution < 1.29 is 14.6 Å². The number of benzene rings is 2. The molecule has 0 heterocycles. The molecule has 4 heteroatoms. The third kappa shape index (κ3) is 2.46. The molecule has 0 aliphatic heterocycles. The minimum Gasteiger partial charge on any atom is -0.497 e. The number of carboxylic acid groups (broad SMARTS) is 1. The topological polar surface area (TPSA) is 46.5 Å². The summed E-state index contributed by atoms with van der Waals surface area (Å²) >= 11 is 6.10. The quantitative estimate of drug-likeness (QED) is 0.917. The van der Waals surface area contributed by atoms with Gasteiger partial charge in [-0.25, -0.2) is 4.79 Å². The largest absolute Gasteiger partial charge is 0.497 e. The molecule has 0 radical (unpaired) electrons. The lowest BCUT2D eigenvalue weighted by molar-refractivity contribution is 0.0696. The number of halogens is 1. The summed E-state index contributed by atoms with van der Waals surface area (Å²) in [7, 11) is 1.50. The monoisotopic (exact) mass is 262 g/mol. The van der Waals surface area contributed by atoms with Crippen molar-refractivity contribution in [3.8, 4) is 16.9 Å². The standard InChI is InChI=1S/C14H11ClO3/c1-18-11-7-9(6-10(8-11)14(16)17)12-4-2-3-5-13(12)15/h2-8H,1H3,(H,16,17). The molecular formula is C14H11ClO3. The van der Waals surface area contributed by atoms with Gasteiger partial charge in [-0.1, -0.05) is 29.8 Å². The second-order valence-corrected chi connectivity index (χ2v) is 4.14. The highest BCUT2D eigenvalue weighted by atomic mass is 35.5. The molecule has 0 amide bonds. The molecule has 18 heavy (non-hydrogen) atoms. The first-order valence-corrected chi connectivity index (χ1v) is 5.67. The number of hydrogen-bond acceptors (Lipinski definition) is 2. The second kappa shape index (κ2) is 5.10. The van der Waals surface area contributed by atoms with E-state index in [9.17, 15) is 4.79 Å².